The first-order valence-corrected chi connectivity index (χ1v) is 15.2. The smallest absolute Gasteiger partial charge is 0.187 e. The van der Waals surface area contributed by atoms with Crippen molar-refractivity contribution in [1.82, 2.24) is 0 Å². The van der Waals surface area contributed by atoms with Crippen LogP contribution in [0.4, 0.5) is 0 Å². The van der Waals surface area contributed by atoms with Crippen molar-refractivity contribution in [3.8, 4) is 0 Å². The molecule has 4 unspecified atom stereocenters. The van der Waals surface area contributed by atoms with Crippen molar-refractivity contribution >= 4 is 17.3 Å². The average molecular weight is 549 g/mol. The summed E-state index contributed by atoms with van der Waals surface area (Å²) in [6.07, 6.45) is 14.5. The second-order valence-corrected chi connectivity index (χ2v) is 14.2. The SMILES string of the molecule is CCC(C)C(=O)C12C(=O)C3=C(OC(C)(C)C=C3)C(CC=C(C)C)(CC(CC=C(C)CCC=C(C)C)C1(C)C)C2=O. The molecule has 1 aliphatic heterocycles. The first-order chi connectivity index (χ1) is 18.5. The number of fused-ring (bicyclic) bond motifs is 3. The Morgan fingerprint density at radius 3 is 2.23 bits per heavy atom. The molecule has 0 saturated heterocycles. The van der Waals surface area contributed by atoms with Crippen LogP contribution in [0, 0.1) is 28.1 Å². The molecule has 0 aromatic heterocycles. The zero-order valence-electron chi connectivity index (χ0n) is 26.9. The molecule has 1 saturated carbocycles. The molecule has 0 aromatic rings. The molecule has 1 heterocycles. The number of hydrogen-bond donors (Lipinski definition) is 0. The number of carbonyl (C=O) groups excluding carboxylic acids is 3. The standard InChI is InChI=1S/C36H52O4/c1-12-26(7)29(37)36-30(38)28-19-20-33(8,9)40-31(28)35(32(36)39,21-18-24(4)5)22-27(34(36,10)11)17-16-25(6)15-13-14-23(2)3/h14,16,18-20,26-27H,12-13,15,17,21-22H2,1-11H3. The van der Waals surface area contributed by atoms with Gasteiger partial charge in [0, 0.05) is 5.92 Å². The highest BCUT2D eigenvalue weighted by Gasteiger charge is 2.75. The predicted octanol–water partition coefficient (Wildman–Crippen LogP) is 8.83. The van der Waals surface area contributed by atoms with Gasteiger partial charge in [0.15, 0.2) is 22.8 Å². The van der Waals surface area contributed by atoms with E-state index in [0.29, 0.717) is 37.0 Å². The summed E-state index contributed by atoms with van der Waals surface area (Å²) in [6, 6.07) is 0. The zero-order valence-corrected chi connectivity index (χ0v) is 26.9. The number of rotatable bonds is 10. The Hall–Kier alpha value is -2.49. The largest absolute Gasteiger partial charge is 0.486 e. The summed E-state index contributed by atoms with van der Waals surface area (Å²) in [5, 5.41) is 0. The molecular formula is C36H52O4. The van der Waals surface area contributed by atoms with Crippen LogP contribution in [0.15, 0.2) is 58.4 Å². The fourth-order valence-corrected chi connectivity index (χ4v) is 6.92. The summed E-state index contributed by atoms with van der Waals surface area (Å²) in [5.74, 6) is -0.821. The Labute approximate surface area is 243 Å². The quantitative estimate of drug-likeness (QED) is 0.202. The maximum atomic E-state index is 15.1. The summed E-state index contributed by atoms with van der Waals surface area (Å²) in [4.78, 5) is 44.3. The van der Waals surface area contributed by atoms with E-state index in [1.807, 2.05) is 67.5 Å². The second-order valence-electron chi connectivity index (χ2n) is 14.2. The molecule has 2 bridgehead atoms. The average Bonchev–Trinajstić information content (AvgIpc) is 2.85. The van der Waals surface area contributed by atoms with Gasteiger partial charge in [-0.3, -0.25) is 14.4 Å². The van der Waals surface area contributed by atoms with Gasteiger partial charge in [-0.1, -0.05) is 62.6 Å². The van der Waals surface area contributed by atoms with Gasteiger partial charge >= 0.3 is 0 Å². The molecule has 0 amide bonds. The number of ketones is 3. The molecule has 4 nitrogen and oxygen atoms in total. The van der Waals surface area contributed by atoms with E-state index in [1.165, 1.54) is 11.1 Å². The van der Waals surface area contributed by atoms with E-state index in [9.17, 15) is 9.59 Å². The molecule has 3 rings (SSSR count). The molecule has 2 aliphatic carbocycles. The van der Waals surface area contributed by atoms with Gasteiger partial charge in [-0.25, -0.2) is 0 Å². The van der Waals surface area contributed by atoms with Gasteiger partial charge < -0.3 is 4.74 Å². The molecule has 4 atom stereocenters. The molecule has 40 heavy (non-hydrogen) atoms. The molecule has 0 radical (unpaired) electrons. The Bertz CT molecular complexity index is 1210. The van der Waals surface area contributed by atoms with Crippen molar-refractivity contribution in [1.29, 1.82) is 0 Å². The number of allylic oxidation sites excluding steroid dienone is 9. The molecule has 1 fully saturated rings. The molecule has 220 valence electrons. The van der Waals surface area contributed by atoms with Crippen molar-refractivity contribution in [3.63, 3.8) is 0 Å². The van der Waals surface area contributed by atoms with E-state index in [2.05, 4.69) is 39.0 Å². The third-order valence-corrected chi connectivity index (χ3v) is 9.77. The highest BCUT2D eigenvalue weighted by atomic mass is 16.5. The molecular weight excluding hydrogens is 496 g/mol. The summed E-state index contributed by atoms with van der Waals surface area (Å²) in [7, 11) is 0. The third kappa shape index (κ3) is 5.28. The van der Waals surface area contributed by atoms with Crippen molar-refractivity contribution in [2.24, 2.45) is 28.1 Å². The molecule has 0 spiro atoms. The van der Waals surface area contributed by atoms with Crippen LogP contribution in [0.2, 0.25) is 0 Å². The number of hydrogen-bond acceptors (Lipinski definition) is 4. The minimum atomic E-state index is -1.74. The Morgan fingerprint density at radius 1 is 1.02 bits per heavy atom. The van der Waals surface area contributed by atoms with E-state index >= 15 is 4.79 Å². The number of carbonyl (C=O) groups is 3. The highest BCUT2D eigenvalue weighted by Crippen LogP contribution is 2.67. The second kappa shape index (κ2) is 11.4. The van der Waals surface area contributed by atoms with Crippen LogP contribution < -0.4 is 0 Å². The normalized spacial score (nSPS) is 29.4. The molecule has 0 N–H and O–H groups in total. The maximum absolute atomic E-state index is 15.1. The lowest BCUT2D eigenvalue weighted by Gasteiger charge is -2.61. The monoisotopic (exact) mass is 548 g/mol. The van der Waals surface area contributed by atoms with Crippen LogP contribution in [0.5, 0.6) is 0 Å². The van der Waals surface area contributed by atoms with Crippen LogP contribution in [0.3, 0.4) is 0 Å². The number of Topliss-reactive ketones (excluding diaryl/α,β-unsaturated/α-hetero) is 3. The van der Waals surface area contributed by atoms with Crippen molar-refractivity contribution < 1.29 is 19.1 Å². The number of ether oxygens (including phenoxy) is 1. The van der Waals surface area contributed by atoms with Gasteiger partial charge in [-0.2, -0.15) is 0 Å². The van der Waals surface area contributed by atoms with E-state index in [-0.39, 0.29) is 23.3 Å². The molecule has 3 aliphatic rings. The zero-order chi connectivity index (χ0) is 30.3. The van der Waals surface area contributed by atoms with Crippen LogP contribution in [-0.2, 0) is 19.1 Å². The lowest BCUT2D eigenvalue weighted by atomic mass is 9.39. The van der Waals surface area contributed by atoms with Gasteiger partial charge in [0.2, 0.25) is 0 Å². The van der Waals surface area contributed by atoms with Gasteiger partial charge in [-0.15, -0.1) is 0 Å². The fourth-order valence-electron chi connectivity index (χ4n) is 6.92. The lowest BCUT2D eigenvalue weighted by molar-refractivity contribution is -0.179. The Kier molecular flexibility index (Phi) is 9.14. The third-order valence-electron chi connectivity index (χ3n) is 9.77. The van der Waals surface area contributed by atoms with Crippen molar-refractivity contribution in [3.05, 3.63) is 58.4 Å². The summed E-state index contributed by atoms with van der Waals surface area (Å²) in [5.41, 5.74) is -0.186. The van der Waals surface area contributed by atoms with Crippen molar-refractivity contribution in [2.45, 2.75) is 120 Å². The van der Waals surface area contributed by atoms with Crippen molar-refractivity contribution in [2.75, 3.05) is 0 Å². The van der Waals surface area contributed by atoms with E-state index in [1.54, 1.807) is 0 Å². The molecule has 0 aromatic carbocycles. The minimum absolute atomic E-state index is 0.0576. The first-order valence-electron chi connectivity index (χ1n) is 15.2. The maximum Gasteiger partial charge on any atom is 0.187 e. The van der Waals surface area contributed by atoms with Gasteiger partial charge in [-0.05, 0) is 110 Å². The van der Waals surface area contributed by atoms with Crippen LogP contribution in [-0.4, -0.2) is 23.0 Å². The van der Waals surface area contributed by atoms with Gasteiger partial charge in [0.25, 0.3) is 0 Å². The fraction of sp³-hybridized carbons (Fsp3) is 0.639. The minimum Gasteiger partial charge on any atom is -0.486 e. The topological polar surface area (TPSA) is 60.4 Å². The Balaban J connectivity index is 2.29. The summed E-state index contributed by atoms with van der Waals surface area (Å²) in [6.45, 7) is 22.1. The van der Waals surface area contributed by atoms with E-state index < -0.39 is 27.8 Å². The van der Waals surface area contributed by atoms with E-state index in [0.717, 1.165) is 18.4 Å². The van der Waals surface area contributed by atoms with Crippen LogP contribution in [0.25, 0.3) is 0 Å². The summed E-state index contributed by atoms with van der Waals surface area (Å²) < 4.78 is 6.56. The summed E-state index contributed by atoms with van der Waals surface area (Å²) >= 11 is 0. The first kappa shape index (κ1) is 32.0. The highest BCUT2D eigenvalue weighted by molar-refractivity contribution is 6.34. The van der Waals surface area contributed by atoms with Crippen LogP contribution in [0.1, 0.15) is 115 Å². The Morgan fingerprint density at radius 2 is 1.65 bits per heavy atom. The predicted molar refractivity (Wildman–Crippen MR) is 164 cm³/mol. The van der Waals surface area contributed by atoms with Gasteiger partial charge in [0.1, 0.15) is 11.4 Å². The van der Waals surface area contributed by atoms with Gasteiger partial charge in [0.05, 0.1) is 11.0 Å². The van der Waals surface area contributed by atoms with Crippen LogP contribution >= 0.6 is 0 Å². The lowest BCUT2D eigenvalue weighted by Crippen LogP contribution is -2.70. The van der Waals surface area contributed by atoms with E-state index in [4.69, 9.17) is 4.74 Å². The molecule has 4 heteroatoms.